The van der Waals surface area contributed by atoms with Crippen molar-refractivity contribution >= 4 is 5.69 Å². The first kappa shape index (κ1) is 14.0. The molecule has 0 saturated heterocycles. The Morgan fingerprint density at radius 1 is 1.35 bits per heavy atom. The fraction of sp³-hybridized carbons (Fsp3) is 0.643. The monoisotopic (exact) mass is 235 g/mol. The summed E-state index contributed by atoms with van der Waals surface area (Å²) in [5, 5.41) is 0. The van der Waals surface area contributed by atoms with Crippen molar-refractivity contribution in [1.29, 1.82) is 0 Å². The summed E-state index contributed by atoms with van der Waals surface area (Å²) in [6.45, 7) is 12.3. The molecular formula is C14H25N3. The molecule has 0 bridgehead atoms. The summed E-state index contributed by atoms with van der Waals surface area (Å²) < 4.78 is 0. The molecular weight excluding hydrogens is 210 g/mol. The van der Waals surface area contributed by atoms with Gasteiger partial charge in [-0.1, -0.05) is 6.92 Å². The topological polar surface area (TPSA) is 42.2 Å². The van der Waals surface area contributed by atoms with Crippen LogP contribution in [-0.4, -0.2) is 17.6 Å². The van der Waals surface area contributed by atoms with E-state index in [4.69, 9.17) is 5.73 Å². The van der Waals surface area contributed by atoms with Gasteiger partial charge in [0.1, 0.15) is 0 Å². The Hall–Kier alpha value is -1.09. The van der Waals surface area contributed by atoms with E-state index < -0.39 is 0 Å². The van der Waals surface area contributed by atoms with Gasteiger partial charge in [0, 0.05) is 41.8 Å². The van der Waals surface area contributed by atoms with E-state index in [1.807, 2.05) is 13.8 Å². The van der Waals surface area contributed by atoms with E-state index in [-0.39, 0.29) is 0 Å². The van der Waals surface area contributed by atoms with Crippen molar-refractivity contribution in [3.05, 3.63) is 23.0 Å². The maximum absolute atomic E-state index is 5.87. The molecule has 96 valence electrons. The molecule has 0 saturated carbocycles. The maximum atomic E-state index is 5.87. The first-order valence-electron chi connectivity index (χ1n) is 6.48. The lowest BCUT2D eigenvalue weighted by Gasteiger charge is -2.32. The van der Waals surface area contributed by atoms with Gasteiger partial charge in [0.25, 0.3) is 0 Å². The van der Waals surface area contributed by atoms with E-state index in [0.717, 1.165) is 24.4 Å². The third-order valence-electron chi connectivity index (χ3n) is 3.41. The Morgan fingerprint density at radius 3 is 2.47 bits per heavy atom. The number of nitrogens with zero attached hydrogens (tertiary/aromatic N) is 2. The van der Waals surface area contributed by atoms with E-state index in [2.05, 4.69) is 36.7 Å². The maximum Gasteiger partial charge on any atom is 0.0450 e. The van der Waals surface area contributed by atoms with Crippen molar-refractivity contribution in [1.82, 2.24) is 4.98 Å². The van der Waals surface area contributed by atoms with Crippen LogP contribution in [0, 0.1) is 13.8 Å². The molecule has 1 unspecified atom stereocenters. The highest BCUT2D eigenvalue weighted by Crippen LogP contribution is 2.26. The van der Waals surface area contributed by atoms with Gasteiger partial charge in [-0.05, 0) is 40.2 Å². The molecule has 1 rings (SSSR count). The molecule has 1 aromatic rings. The lowest BCUT2D eigenvalue weighted by atomic mass is 10.1. The number of aromatic nitrogens is 1. The van der Waals surface area contributed by atoms with Gasteiger partial charge in [-0.15, -0.1) is 0 Å². The van der Waals surface area contributed by atoms with Crippen LogP contribution in [0.1, 0.15) is 44.1 Å². The smallest absolute Gasteiger partial charge is 0.0450 e. The highest BCUT2D eigenvalue weighted by atomic mass is 15.2. The average Bonchev–Trinajstić information content (AvgIpc) is 2.29. The first-order valence-corrected chi connectivity index (χ1v) is 6.48. The van der Waals surface area contributed by atoms with E-state index in [9.17, 15) is 0 Å². The fourth-order valence-electron chi connectivity index (χ4n) is 2.28. The Balaban J connectivity index is 3.26. The Bertz CT molecular complexity index is 374. The second-order valence-corrected chi connectivity index (χ2v) is 4.59. The summed E-state index contributed by atoms with van der Waals surface area (Å²) in [6.07, 6.45) is 1.14. The number of pyridine rings is 1. The van der Waals surface area contributed by atoms with E-state index in [0.29, 0.717) is 12.6 Å². The first-order chi connectivity index (χ1) is 8.04. The van der Waals surface area contributed by atoms with Gasteiger partial charge < -0.3 is 10.6 Å². The molecule has 3 nitrogen and oxygen atoms in total. The van der Waals surface area contributed by atoms with E-state index in [1.54, 1.807) is 0 Å². The van der Waals surface area contributed by atoms with Crippen LogP contribution in [0.3, 0.4) is 0 Å². The van der Waals surface area contributed by atoms with Crippen LogP contribution in [0.25, 0.3) is 0 Å². The molecule has 3 heteroatoms. The normalized spacial score (nSPS) is 12.6. The molecule has 0 aromatic carbocycles. The lowest BCUT2D eigenvalue weighted by molar-refractivity contribution is 0.626. The van der Waals surface area contributed by atoms with Gasteiger partial charge in [-0.2, -0.15) is 0 Å². The summed E-state index contributed by atoms with van der Waals surface area (Å²) >= 11 is 0. The molecule has 0 aliphatic heterocycles. The molecule has 1 aromatic heterocycles. The van der Waals surface area contributed by atoms with Crippen LogP contribution < -0.4 is 10.6 Å². The predicted octanol–water partition coefficient (Wildman–Crippen LogP) is 2.78. The van der Waals surface area contributed by atoms with Gasteiger partial charge in [0.05, 0.1) is 0 Å². The van der Waals surface area contributed by atoms with Crippen LogP contribution in [0.4, 0.5) is 5.69 Å². The zero-order chi connectivity index (χ0) is 13.0. The zero-order valence-corrected chi connectivity index (χ0v) is 11.7. The van der Waals surface area contributed by atoms with Crippen molar-refractivity contribution < 1.29 is 0 Å². The van der Waals surface area contributed by atoms with Gasteiger partial charge in [-0.3, -0.25) is 4.98 Å². The van der Waals surface area contributed by atoms with E-state index >= 15 is 0 Å². The molecule has 0 radical (unpaired) electrons. The van der Waals surface area contributed by atoms with Crippen molar-refractivity contribution in [2.75, 3.05) is 11.4 Å². The standard InChI is InChI=1S/C14H25N3/c1-6-11(4)17(7-2)14-8-10(3)16-12(5)13(14)9-15/h8,11H,6-7,9,15H2,1-5H3. The number of rotatable bonds is 5. The van der Waals surface area contributed by atoms with Crippen LogP contribution in [0.2, 0.25) is 0 Å². The molecule has 0 aliphatic rings. The van der Waals surface area contributed by atoms with Crippen LogP contribution in [-0.2, 0) is 6.54 Å². The zero-order valence-electron chi connectivity index (χ0n) is 11.7. The predicted molar refractivity (Wildman–Crippen MR) is 74.4 cm³/mol. The molecule has 0 aliphatic carbocycles. The third-order valence-corrected chi connectivity index (χ3v) is 3.41. The van der Waals surface area contributed by atoms with Gasteiger partial charge in [0.2, 0.25) is 0 Å². The number of hydrogen-bond acceptors (Lipinski definition) is 3. The number of anilines is 1. The van der Waals surface area contributed by atoms with Gasteiger partial charge in [0.15, 0.2) is 0 Å². The largest absolute Gasteiger partial charge is 0.369 e. The molecule has 0 amide bonds. The number of nitrogens with two attached hydrogens (primary N) is 1. The van der Waals surface area contributed by atoms with Crippen LogP contribution in [0.5, 0.6) is 0 Å². The Morgan fingerprint density at radius 2 is 2.00 bits per heavy atom. The highest BCUT2D eigenvalue weighted by Gasteiger charge is 2.16. The van der Waals surface area contributed by atoms with Crippen molar-refractivity contribution in [3.8, 4) is 0 Å². The van der Waals surface area contributed by atoms with Gasteiger partial charge >= 0.3 is 0 Å². The second-order valence-electron chi connectivity index (χ2n) is 4.59. The van der Waals surface area contributed by atoms with Crippen molar-refractivity contribution in [2.45, 2.75) is 53.6 Å². The fourth-order valence-corrected chi connectivity index (χ4v) is 2.28. The molecule has 0 fully saturated rings. The Kier molecular flexibility index (Phi) is 4.94. The number of aryl methyl sites for hydroxylation is 2. The minimum Gasteiger partial charge on any atom is -0.369 e. The second kappa shape index (κ2) is 6.01. The molecule has 0 spiro atoms. The summed E-state index contributed by atoms with van der Waals surface area (Å²) in [7, 11) is 0. The molecule has 1 heterocycles. The summed E-state index contributed by atoms with van der Waals surface area (Å²) in [5.74, 6) is 0. The summed E-state index contributed by atoms with van der Waals surface area (Å²) in [4.78, 5) is 6.92. The summed E-state index contributed by atoms with van der Waals surface area (Å²) in [5.41, 5.74) is 10.4. The minimum atomic E-state index is 0.534. The van der Waals surface area contributed by atoms with E-state index in [1.165, 1.54) is 11.3 Å². The Labute approximate surface area is 105 Å². The molecule has 2 N–H and O–H groups in total. The average molecular weight is 235 g/mol. The van der Waals surface area contributed by atoms with Crippen LogP contribution >= 0.6 is 0 Å². The molecule has 1 atom stereocenters. The third kappa shape index (κ3) is 2.97. The summed E-state index contributed by atoms with van der Waals surface area (Å²) in [6, 6.07) is 2.69. The quantitative estimate of drug-likeness (QED) is 0.853. The SMILES string of the molecule is CCC(C)N(CC)c1cc(C)nc(C)c1CN. The van der Waals surface area contributed by atoms with Crippen LogP contribution in [0.15, 0.2) is 6.07 Å². The lowest BCUT2D eigenvalue weighted by Crippen LogP contribution is -2.33. The molecule has 17 heavy (non-hydrogen) atoms. The van der Waals surface area contributed by atoms with Crippen molar-refractivity contribution in [3.63, 3.8) is 0 Å². The minimum absolute atomic E-state index is 0.534. The van der Waals surface area contributed by atoms with Crippen molar-refractivity contribution in [2.24, 2.45) is 5.73 Å². The van der Waals surface area contributed by atoms with Gasteiger partial charge in [-0.25, -0.2) is 0 Å². The number of hydrogen-bond donors (Lipinski definition) is 1. The highest BCUT2D eigenvalue weighted by molar-refractivity contribution is 5.56.